The third kappa shape index (κ3) is 3.65. The number of non-ortho nitro benzene ring substituents is 1. The van der Waals surface area contributed by atoms with Crippen LogP contribution in [0.4, 0.5) is 11.4 Å². The Hall–Kier alpha value is -4.00. The van der Waals surface area contributed by atoms with E-state index in [1.54, 1.807) is 0 Å². The molecule has 0 aliphatic rings. The number of nitrogens with one attached hydrogen (secondary N) is 1. The molecule has 0 saturated carbocycles. The molecule has 4 aromatic rings. The van der Waals surface area contributed by atoms with Gasteiger partial charge in [-0.2, -0.15) is 0 Å². The summed E-state index contributed by atoms with van der Waals surface area (Å²) in [7, 11) is 0. The van der Waals surface area contributed by atoms with Crippen LogP contribution < -0.4 is 5.32 Å². The maximum atomic E-state index is 12.6. The first kappa shape index (κ1) is 19.3. The highest BCUT2D eigenvalue weighted by Crippen LogP contribution is 2.30. The minimum atomic E-state index is -0.501. The van der Waals surface area contributed by atoms with Gasteiger partial charge in [0, 0.05) is 28.9 Å². The van der Waals surface area contributed by atoms with Gasteiger partial charge in [0.05, 0.1) is 4.92 Å². The third-order valence-electron chi connectivity index (χ3n) is 4.89. The van der Waals surface area contributed by atoms with Gasteiger partial charge >= 0.3 is 0 Å². The second-order valence-electron chi connectivity index (χ2n) is 7.24. The van der Waals surface area contributed by atoms with Crippen molar-refractivity contribution in [3.05, 3.63) is 87.0 Å². The number of amides is 1. The molecule has 1 amide bonds. The largest absolute Gasteiger partial charge is 0.436 e. The molecule has 0 fully saturated rings. The number of rotatable bonds is 4. The van der Waals surface area contributed by atoms with E-state index in [2.05, 4.69) is 10.3 Å². The zero-order valence-corrected chi connectivity index (χ0v) is 16.7. The second-order valence-corrected chi connectivity index (χ2v) is 7.24. The average Bonchev–Trinajstić information content (AvgIpc) is 3.14. The Morgan fingerprint density at radius 2 is 1.73 bits per heavy atom. The number of nitrogens with zero attached hydrogens (tertiary/aromatic N) is 2. The van der Waals surface area contributed by atoms with Crippen LogP contribution in [0, 0.1) is 30.9 Å². The topological polar surface area (TPSA) is 98.3 Å². The van der Waals surface area contributed by atoms with Gasteiger partial charge < -0.3 is 9.73 Å². The summed E-state index contributed by atoms with van der Waals surface area (Å²) in [5.74, 6) is 0.124. The molecule has 0 atom stereocenters. The SMILES string of the molecule is Cc1cc(C)c2oc(-c3ccc(C)c(NC(=O)c4ccc([N+](=O)[O-])cc4)c3)nc2c1. The first-order valence-corrected chi connectivity index (χ1v) is 9.36. The monoisotopic (exact) mass is 401 g/mol. The zero-order valence-electron chi connectivity index (χ0n) is 16.7. The van der Waals surface area contributed by atoms with E-state index in [1.165, 1.54) is 24.3 Å². The summed E-state index contributed by atoms with van der Waals surface area (Å²) in [4.78, 5) is 27.5. The van der Waals surface area contributed by atoms with Crippen molar-refractivity contribution < 1.29 is 14.1 Å². The maximum Gasteiger partial charge on any atom is 0.269 e. The van der Waals surface area contributed by atoms with Crippen molar-refractivity contribution in [3.63, 3.8) is 0 Å². The molecule has 150 valence electrons. The standard InChI is InChI=1S/C23H19N3O4/c1-13-10-15(3)21-20(11-13)25-23(30-21)17-5-4-14(2)19(12-17)24-22(27)16-6-8-18(9-7-16)26(28)29/h4-12H,1-3H3,(H,24,27). The van der Waals surface area contributed by atoms with E-state index in [0.29, 0.717) is 17.1 Å². The number of carbonyl (C=O) groups excluding carboxylic acids is 1. The van der Waals surface area contributed by atoms with Crippen molar-refractivity contribution in [2.75, 3.05) is 5.32 Å². The van der Waals surface area contributed by atoms with Gasteiger partial charge in [0.25, 0.3) is 11.6 Å². The third-order valence-corrected chi connectivity index (χ3v) is 4.89. The van der Waals surface area contributed by atoms with E-state index in [0.717, 1.165) is 33.4 Å². The van der Waals surface area contributed by atoms with Gasteiger partial charge in [-0.1, -0.05) is 12.1 Å². The molecule has 0 aliphatic carbocycles. The lowest BCUT2D eigenvalue weighted by molar-refractivity contribution is -0.384. The number of nitro benzene ring substituents is 1. The number of benzene rings is 3. The summed E-state index contributed by atoms with van der Waals surface area (Å²) in [5.41, 5.74) is 6.16. The number of anilines is 1. The number of oxazole rings is 1. The highest BCUT2D eigenvalue weighted by atomic mass is 16.6. The van der Waals surface area contributed by atoms with E-state index < -0.39 is 4.92 Å². The van der Waals surface area contributed by atoms with Crippen LogP contribution in [0.3, 0.4) is 0 Å². The summed E-state index contributed by atoms with van der Waals surface area (Å²) in [5, 5.41) is 13.6. The number of hydrogen-bond donors (Lipinski definition) is 1. The fourth-order valence-corrected chi connectivity index (χ4v) is 3.32. The Bertz CT molecular complexity index is 1290. The van der Waals surface area contributed by atoms with Gasteiger partial charge in [-0.3, -0.25) is 14.9 Å². The van der Waals surface area contributed by atoms with Crippen LogP contribution >= 0.6 is 0 Å². The highest BCUT2D eigenvalue weighted by Gasteiger charge is 2.14. The lowest BCUT2D eigenvalue weighted by Gasteiger charge is -2.09. The molecule has 1 heterocycles. The molecule has 0 unspecified atom stereocenters. The minimum absolute atomic E-state index is 0.0637. The van der Waals surface area contributed by atoms with Gasteiger partial charge in [-0.05, 0) is 67.8 Å². The first-order chi connectivity index (χ1) is 14.3. The first-order valence-electron chi connectivity index (χ1n) is 9.36. The summed E-state index contributed by atoms with van der Waals surface area (Å²) in [6, 6.07) is 15.1. The lowest BCUT2D eigenvalue weighted by Crippen LogP contribution is -2.12. The molecule has 30 heavy (non-hydrogen) atoms. The molecule has 3 aromatic carbocycles. The van der Waals surface area contributed by atoms with Crippen molar-refractivity contribution in [3.8, 4) is 11.5 Å². The van der Waals surface area contributed by atoms with Gasteiger partial charge in [-0.15, -0.1) is 0 Å². The zero-order chi connectivity index (χ0) is 21.4. The van der Waals surface area contributed by atoms with Crippen molar-refractivity contribution in [2.24, 2.45) is 0 Å². The van der Waals surface area contributed by atoms with Gasteiger partial charge in [0.15, 0.2) is 5.58 Å². The molecule has 0 radical (unpaired) electrons. The number of fused-ring (bicyclic) bond motifs is 1. The molecule has 0 saturated heterocycles. The van der Waals surface area contributed by atoms with Crippen LogP contribution in [-0.4, -0.2) is 15.8 Å². The molecule has 7 heteroatoms. The molecule has 0 aliphatic heterocycles. The Kier molecular flexibility index (Phi) is 4.79. The molecule has 0 bridgehead atoms. The summed E-state index contributed by atoms with van der Waals surface area (Å²) >= 11 is 0. The van der Waals surface area contributed by atoms with E-state index in [-0.39, 0.29) is 11.6 Å². The average molecular weight is 401 g/mol. The van der Waals surface area contributed by atoms with Crippen molar-refractivity contribution in [2.45, 2.75) is 20.8 Å². The molecule has 7 nitrogen and oxygen atoms in total. The second kappa shape index (κ2) is 7.44. The van der Waals surface area contributed by atoms with E-state index in [9.17, 15) is 14.9 Å². The van der Waals surface area contributed by atoms with Crippen molar-refractivity contribution in [1.29, 1.82) is 0 Å². The lowest BCUT2D eigenvalue weighted by atomic mass is 10.1. The smallest absolute Gasteiger partial charge is 0.269 e. The van der Waals surface area contributed by atoms with Crippen LogP contribution in [-0.2, 0) is 0 Å². The molecule has 1 aromatic heterocycles. The Morgan fingerprint density at radius 1 is 1.00 bits per heavy atom. The van der Waals surface area contributed by atoms with Crippen LogP contribution in [0.15, 0.2) is 59.0 Å². The highest BCUT2D eigenvalue weighted by molar-refractivity contribution is 6.05. The van der Waals surface area contributed by atoms with Crippen LogP contribution in [0.2, 0.25) is 0 Å². The fraction of sp³-hybridized carbons (Fsp3) is 0.130. The van der Waals surface area contributed by atoms with E-state index in [4.69, 9.17) is 4.42 Å². The quantitative estimate of drug-likeness (QED) is 0.355. The molecule has 0 spiro atoms. The fourth-order valence-electron chi connectivity index (χ4n) is 3.32. The maximum absolute atomic E-state index is 12.6. The minimum Gasteiger partial charge on any atom is -0.436 e. The van der Waals surface area contributed by atoms with Gasteiger partial charge in [0.1, 0.15) is 5.52 Å². The molecular formula is C23H19N3O4. The predicted molar refractivity (Wildman–Crippen MR) is 115 cm³/mol. The summed E-state index contributed by atoms with van der Waals surface area (Å²) in [6.45, 7) is 5.88. The van der Waals surface area contributed by atoms with E-state index >= 15 is 0 Å². The Balaban J connectivity index is 1.64. The van der Waals surface area contributed by atoms with Crippen molar-refractivity contribution in [1.82, 2.24) is 4.98 Å². The number of hydrogen-bond acceptors (Lipinski definition) is 5. The molecule has 1 N–H and O–H groups in total. The van der Waals surface area contributed by atoms with Crippen LogP contribution in [0.1, 0.15) is 27.0 Å². The van der Waals surface area contributed by atoms with Crippen LogP contribution in [0.5, 0.6) is 0 Å². The summed E-state index contributed by atoms with van der Waals surface area (Å²) in [6.07, 6.45) is 0. The Labute approximate surface area is 172 Å². The number of aromatic nitrogens is 1. The number of nitro groups is 1. The number of aryl methyl sites for hydroxylation is 3. The summed E-state index contributed by atoms with van der Waals surface area (Å²) < 4.78 is 5.97. The molecular weight excluding hydrogens is 382 g/mol. The van der Waals surface area contributed by atoms with Crippen LogP contribution in [0.25, 0.3) is 22.6 Å². The predicted octanol–water partition coefficient (Wildman–Crippen LogP) is 5.58. The number of carbonyl (C=O) groups is 1. The van der Waals surface area contributed by atoms with Crippen molar-refractivity contribution >= 4 is 28.4 Å². The molecule has 4 rings (SSSR count). The Morgan fingerprint density at radius 3 is 2.43 bits per heavy atom. The van der Waals surface area contributed by atoms with E-state index in [1.807, 2.05) is 51.1 Å². The van der Waals surface area contributed by atoms with Gasteiger partial charge in [0.2, 0.25) is 5.89 Å². The normalized spacial score (nSPS) is 10.9. The van der Waals surface area contributed by atoms with Gasteiger partial charge in [-0.25, -0.2) is 4.98 Å².